The second-order valence-electron chi connectivity index (χ2n) is 6.35. The summed E-state index contributed by atoms with van der Waals surface area (Å²) >= 11 is 0. The van der Waals surface area contributed by atoms with Gasteiger partial charge in [0.2, 0.25) is 0 Å². The number of hydrogen-bond donors (Lipinski definition) is 0. The van der Waals surface area contributed by atoms with Gasteiger partial charge in [-0.25, -0.2) is 0 Å². The Hall–Kier alpha value is -1.11. The fourth-order valence-corrected chi connectivity index (χ4v) is 1.54. The van der Waals surface area contributed by atoms with Crippen molar-refractivity contribution >= 4 is 5.71 Å². The molecule has 0 saturated carbocycles. The topological polar surface area (TPSA) is 12.4 Å². The summed E-state index contributed by atoms with van der Waals surface area (Å²) in [4.78, 5) is 4.74. The minimum absolute atomic E-state index is 0.0260. The molecule has 0 heterocycles. The number of allylic oxidation sites excluding steroid dienone is 6. The second-order valence-corrected chi connectivity index (χ2v) is 6.35. The lowest BCUT2D eigenvalue weighted by atomic mass is 9.90. The van der Waals surface area contributed by atoms with Gasteiger partial charge < -0.3 is 0 Å². The molecule has 0 aromatic rings. The third-order valence-electron chi connectivity index (χ3n) is 1.98. The van der Waals surface area contributed by atoms with Gasteiger partial charge in [0.15, 0.2) is 0 Å². The lowest BCUT2D eigenvalue weighted by Gasteiger charge is -2.19. The molecule has 0 amide bonds. The van der Waals surface area contributed by atoms with Crippen LogP contribution in [-0.4, -0.2) is 11.3 Å². The van der Waals surface area contributed by atoms with E-state index < -0.39 is 0 Å². The van der Waals surface area contributed by atoms with Gasteiger partial charge in [0.1, 0.15) is 0 Å². The van der Waals surface area contributed by atoms with Crippen molar-refractivity contribution < 1.29 is 0 Å². The molecule has 0 saturated heterocycles. The quantitative estimate of drug-likeness (QED) is 0.573. The van der Waals surface area contributed by atoms with Crippen LogP contribution in [0.25, 0.3) is 0 Å². The number of nitrogens with zero attached hydrogens (tertiary/aromatic N) is 1. The van der Waals surface area contributed by atoms with Gasteiger partial charge in [0.05, 0.1) is 11.3 Å². The van der Waals surface area contributed by atoms with E-state index in [-0.39, 0.29) is 11.0 Å². The van der Waals surface area contributed by atoms with Crippen LogP contribution in [0.15, 0.2) is 40.9 Å². The first-order valence-electron chi connectivity index (χ1n) is 5.85. The van der Waals surface area contributed by atoms with E-state index in [4.69, 9.17) is 4.99 Å². The van der Waals surface area contributed by atoms with Gasteiger partial charge in [-0.2, -0.15) is 0 Å². The summed E-state index contributed by atoms with van der Waals surface area (Å²) in [6, 6.07) is 0. The van der Waals surface area contributed by atoms with Gasteiger partial charge >= 0.3 is 0 Å². The van der Waals surface area contributed by atoms with Gasteiger partial charge in [0.25, 0.3) is 0 Å². The largest absolute Gasteiger partial charge is 0.279 e. The number of rotatable bonds is 0. The maximum Gasteiger partial charge on any atom is 0.0650 e. The molecule has 16 heavy (non-hydrogen) atoms. The summed E-state index contributed by atoms with van der Waals surface area (Å²) in [6.07, 6.45) is 10.6. The maximum atomic E-state index is 4.74. The third-order valence-corrected chi connectivity index (χ3v) is 1.98. The van der Waals surface area contributed by atoms with Crippen molar-refractivity contribution in [3.8, 4) is 0 Å². The molecular weight excluding hydrogens is 194 g/mol. The van der Waals surface area contributed by atoms with Crippen molar-refractivity contribution in [2.24, 2.45) is 10.4 Å². The molecule has 0 unspecified atom stereocenters. The molecule has 1 heteroatoms. The van der Waals surface area contributed by atoms with Crippen LogP contribution in [0.4, 0.5) is 0 Å². The van der Waals surface area contributed by atoms with Crippen molar-refractivity contribution in [1.82, 2.24) is 0 Å². The number of hydrogen-bond acceptors (Lipinski definition) is 1. The summed E-state index contributed by atoms with van der Waals surface area (Å²) in [7, 11) is 0. The van der Waals surface area contributed by atoms with Crippen molar-refractivity contribution in [2.45, 2.75) is 47.1 Å². The Balaban J connectivity index is 3.09. The molecule has 0 spiro atoms. The van der Waals surface area contributed by atoms with Gasteiger partial charge in [0, 0.05) is 0 Å². The SMILES string of the molecule is CC(C)(C)/C=C1/C=CC=C/C1=N/C(C)(C)C. The summed E-state index contributed by atoms with van der Waals surface area (Å²) in [5, 5.41) is 0. The van der Waals surface area contributed by atoms with Gasteiger partial charge in [-0.15, -0.1) is 0 Å². The first-order valence-corrected chi connectivity index (χ1v) is 5.85. The van der Waals surface area contributed by atoms with E-state index in [1.54, 1.807) is 0 Å². The molecule has 0 radical (unpaired) electrons. The summed E-state index contributed by atoms with van der Waals surface area (Å²) in [5.41, 5.74) is 2.47. The molecule has 0 aromatic carbocycles. The zero-order chi connectivity index (χ0) is 12.4. The highest BCUT2D eigenvalue weighted by Crippen LogP contribution is 2.22. The molecule has 1 aliphatic carbocycles. The van der Waals surface area contributed by atoms with E-state index in [1.807, 2.05) is 6.08 Å². The molecule has 0 fully saturated rings. The smallest absolute Gasteiger partial charge is 0.0650 e. The van der Waals surface area contributed by atoms with E-state index >= 15 is 0 Å². The Labute approximate surface area is 99.7 Å². The zero-order valence-corrected chi connectivity index (χ0v) is 11.3. The van der Waals surface area contributed by atoms with Crippen molar-refractivity contribution in [3.63, 3.8) is 0 Å². The van der Waals surface area contributed by atoms with Gasteiger partial charge in [-0.1, -0.05) is 45.1 Å². The van der Waals surface area contributed by atoms with Crippen LogP contribution in [0.2, 0.25) is 0 Å². The van der Waals surface area contributed by atoms with Crippen LogP contribution in [0.1, 0.15) is 41.5 Å². The molecule has 0 atom stereocenters. The van der Waals surface area contributed by atoms with E-state index in [2.05, 4.69) is 65.8 Å². The normalized spacial score (nSPS) is 22.1. The van der Waals surface area contributed by atoms with Gasteiger partial charge in [-0.05, 0) is 37.8 Å². The highest BCUT2D eigenvalue weighted by molar-refractivity contribution is 6.11. The Bertz CT molecular complexity index is 327. The molecular formula is C15H23N. The molecule has 0 aromatic heterocycles. The van der Waals surface area contributed by atoms with Crippen molar-refractivity contribution in [1.29, 1.82) is 0 Å². The molecule has 0 N–H and O–H groups in total. The van der Waals surface area contributed by atoms with Crippen LogP contribution in [0.5, 0.6) is 0 Å². The van der Waals surface area contributed by atoms with Crippen LogP contribution in [-0.2, 0) is 0 Å². The first kappa shape index (κ1) is 13.0. The minimum atomic E-state index is -0.0260. The number of aliphatic imine (C=N–C) groups is 1. The lowest BCUT2D eigenvalue weighted by Crippen LogP contribution is -2.16. The first-order chi connectivity index (χ1) is 7.17. The Morgan fingerprint density at radius 2 is 1.50 bits per heavy atom. The van der Waals surface area contributed by atoms with Crippen molar-refractivity contribution in [3.05, 3.63) is 36.0 Å². The molecule has 0 bridgehead atoms. The highest BCUT2D eigenvalue weighted by Gasteiger charge is 2.14. The van der Waals surface area contributed by atoms with Crippen LogP contribution in [0, 0.1) is 5.41 Å². The predicted molar refractivity (Wildman–Crippen MR) is 73.0 cm³/mol. The third kappa shape index (κ3) is 4.61. The maximum absolute atomic E-state index is 4.74. The summed E-state index contributed by atoms with van der Waals surface area (Å²) < 4.78 is 0. The average molecular weight is 217 g/mol. The van der Waals surface area contributed by atoms with E-state index in [9.17, 15) is 0 Å². The van der Waals surface area contributed by atoms with Crippen molar-refractivity contribution in [2.75, 3.05) is 0 Å². The zero-order valence-electron chi connectivity index (χ0n) is 11.3. The molecule has 1 aliphatic rings. The Morgan fingerprint density at radius 3 is 2.00 bits per heavy atom. The highest BCUT2D eigenvalue weighted by atomic mass is 14.8. The Kier molecular flexibility index (Phi) is 3.57. The second kappa shape index (κ2) is 4.40. The summed E-state index contributed by atoms with van der Waals surface area (Å²) in [6.45, 7) is 13.0. The van der Waals surface area contributed by atoms with Crippen LogP contribution in [0.3, 0.4) is 0 Å². The Morgan fingerprint density at radius 1 is 0.938 bits per heavy atom. The van der Waals surface area contributed by atoms with Crippen LogP contribution < -0.4 is 0 Å². The van der Waals surface area contributed by atoms with Crippen LogP contribution >= 0.6 is 0 Å². The summed E-state index contributed by atoms with van der Waals surface area (Å²) in [5.74, 6) is 0. The standard InChI is InChI=1S/C15H23N/c1-14(2,3)11-12-9-7-8-10-13(12)16-15(4,5)6/h7-11H,1-6H3/b12-11-,16-13-. The fourth-order valence-electron chi connectivity index (χ4n) is 1.54. The minimum Gasteiger partial charge on any atom is -0.279 e. The molecule has 0 aliphatic heterocycles. The predicted octanol–water partition coefficient (Wildman–Crippen LogP) is 4.32. The lowest BCUT2D eigenvalue weighted by molar-refractivity contribution is 0.542. The van der Waals surface area contributed by atoms with E-state index in [1.165, 1.54) is 5.57 Å². The van der Waals surface area contributed by atoms with E-state index in [0.717, 1.165) is 5.71 Å². The molecule has 88 valence electrons. The van der Waals surface area contributed by atoms with Gasteiger partial charge in [-0.3, -0.25) is 4.99 Å². The fraction of sp³-hybridized carbons (Fsp3) is 0.533. The molecule has 1 nitrogen and oxygen atoms in total. The van der Waals surface area contributed by atoms with E-state index in [0.29, 0.717) is 0 Å². The monoisotopic (exact) mass is 217 g/mol. The molecule has 1 rings (SSSR count). The average Bonchev–Trinajstić information content (AvgIpc) is 2.03.